The highest BCUT2D eigenvalue weighted by atomic mass is 16.4. The molecule has 0 radical (unpaired) electrons. The standard InChI is InChI=1S/C20H36N6O7/c1-5-10(4)16(26-17(29)11(21)7-14(22)27)19(31)24-12(8-15(23)28)18(30)25-13(20(32)33)6-9(2)3/h9-13,16H,5-8,21H2,1-4H3,(H2,22,27)(H2,23,28)(H,24,31)(H,25,30)(H,26,29)(H,32,33). The van der Waals surface area contributed by atoms with Gasteiger partial charge in [0.25, 0.3) is 0 Å². The van der Waals surface area contributed by atoms with Crippen molar-refractivity contribution in [1.82, 2.24) is 16.0 Å². The van der Waals surface area contributed by atoms with Gasteiger partial charge in [-0.2, -0.15) is 0 Å². The van der Waals surface area contributed by atoms with Crippen molar-refractivity contribution in [2.24, 2.45) is 29.0 Å². The van der Waals surface area contributed by atoms with E-state index in [4.69, 9.17) is 17.2 Å². The molecule has 33 heavy (non-hydrogen) atoms. The van der Waals surface area contributed by atoms with E-state index in [1.54, 1.807) is 27.7 Å². The highest BCUT2D eigenvalue weighted by molar-refractivity contribution is 5.96. The zero-order valence-corrected chi connectivity index (χ0v) is 19.4. The molecule has 13 heteroatoms. The molecule has 0 saturated carbocycles. The molecule has 5 atom stereocenters. The second-order valence-electron chi connectivity index (χ2n) is 8.41. The van der Waals surface area contributed by atoms with Gasteiger partial charge in [0.05, 0.1) is 18.9 Å². The van der Waals surface area contributed by atoms with Crippen LogP contribution in [0.15, 0.2) is 0 Å². The largest absolute Gasteiger partial charge is 0.480 e. The van der Waals surface area contributed by atoms with Gasteiger partial charge in [0.2, 0.25) is 29.5 Å². The predicted molar refractivity (Wildman–Crippen MR) is 118 cm³/mol. The molecule has 0 aliphatic rings. The van der Waals surface area contributed by atoms with E-state index in [2.05, 4.69) is 16.0 Å². The number of hydrogen-bond donors (Lipinski definition) is 7. The average molecular weight is 473 g/mol. The lowest BCUT2D eigenvalue weighted by Gasteiger charge is -2.27. The normalized spacial score (nSPS) is 15.5. The van der Waals surface area contributed by atoms with Crippen molar-refractivity contribution in [3.05, 3.63) is 0 Å². The lowest BCUT2D eigenvalue weighted by atomic mass is 9.97. The van der Waals surface area contributed by atoms with Crippen LogP contribution in [0, 0.1) is 11.8 Å². The van der Waals surface area contributed by atoms with Crippen LogP contribution in [0.1, 0.15) is 53.4 Å². The zero-order valence-electron chi connectivity index (χ0n) is 19.4. The monoisotopic (exact) mass is 472 g/mol. The Morgan fingerprint density at radius 2 is 1.30 bits per heavy atom. The summed E-state index contributed by atoms with van der Waals surface area (Å²) in [4.78, 5) is 71.8. The first-order valence-electron chi connectivity index (χ1n) is 10.7. The molecule has 0 aromatic carbocycles. The number of carbonyl (C=O) groups is 6. The molecule has 13 nitrogen and oxygen atoms in total. The minimum Gasteiger partial charge on any atom is -0.480 e. The van der Waals surface area contributed by atoms with Crippen LogP contribution < -0.4 is 33.2 Å². The van der Waals surface area contributed by atoms with E-state index in [9.17, 15) is 33.9 Å². The molecule has 0 rings (SSSR count). The van der Waals surface area contributed by atoms with E-state index in [0.717, 1.165) is 0 Å². The highest BCUT2D eigenvalue weighted by Gasteiger charge is 2.33. The molecule has 0 aliphatic carbocycles. The van der Waals surface area contributed by atoms with Crippen molar-refractivity contribution in [3.8, 4) is 0 Å². The van der Waals surface area contributed by atoms with Crippen LogP contribution >= 0.6 is 0 Å². The summed E-state index contributed by atoms with van der Waals surface area (Å²) in [6.07, 6.45) is -0.443. The number of carbonyl (C=O) groups excluding carboxylic acids is 5. The van der Waals surface area contributed by atoms with Crippen molar-refractivity contribution in [1.29, 1.82) is 0 Å². The molecular weight excluding hydrogens is 436 g/mol. The Morgan fingerprint density at radius 3 is 1.73 bits per heavy atom. The van der Waals surface area contributed by atoms with E-state index in [-0.39, 0.29) is 12.3 Å². The minimum atomic E-state index is -1.47. The summed E-state index contributed by atoms with van der Waals surface area (Å²) in [5.74, 6) is -5.95. The topological polar surface area (TPSA) is 237 Å². The van der Waals surface area contributed by atoms with Gasteiger partial charge in [-0.15, -0.1) is 0 Å². The van der Waals surface area contributed by atoms with Crippen LogP contribution in [0.3, 0.4) is 0 Å². The molecule has 0 aromatic heterocycles. The fourth-order valence-electron chi connectivity index (χ4n) is 2.91. The molecule has 0 spiro atoms. The van der Waals surface area contributed by atoms with Crippen LogP contribution in [0.4, 0.5) is 0 Å². The highest BCUT2D eigenvalue weighted by Crippen LogP contribution is 2.10. The number of nitrogens with two attached hydrogens (primary N) is 3. The van der Waals surface area contributed by atoms with E-state index in [1.807, 2.05) is 0 Å². The minimum absolute atomic E-state index is 0.0508. The fourth-order valence-corrected chi connectivity index (χ4v) is 2.91. The Labute approximate surface area is 192 Å². The lowest BCUT2D eigenvalue weighted by Crippen LogP contribution is -2.59. The van der Waals surface area contributed by atoms with Gasteiger partial charge in [-0.3, -0.25) is 24.0 Å². The van der Waals surface area contributed by atoms with Crippen molar-refractivity contribution in [2.75, 3.05) is 0 Å². The Kier molecular flexibility index (Phi) is 12.7. The molecule has 0 heterocycles. The molecular formula is C20H36N6O7. The van der Waals surface area contributed by atoms with Crippen LogP contribution in [0.2, 0.25) is 0 Å². The predicted octanol–water partition coefficient (Wildman–Crippen LogP) is -2.30. The first kappa shape index (κ1) is 29.8. The smallest absolute Gasteiger partial charge is 0.326 e. The summed E-state index contributed by atoms with van der Waals surface area (Å²) >= 11 is 0. The van der Waals surface area contributed by atoms with Gasteiger partial charge in [-0.05, 0) is 18.3 Å². The molecule has 5 unspecified atom stereocenters. The fraction of sp³-hybridized carbons (Fsp3) is 0.700. The Hall–Kier alpha value is -3.22. The number of aliphatic carboxylic acids is 1. The van der Waals surface area contributed by atoms with Gasteiger partial charge in [0, 0.05) is 0 Å². The van der Waals surface area contributed by atoms with Gasteiger partial charge < -0.3 is 38.3 Å². The van der Waals surface area contributed by atoms with Crippen LogP contribution in [-0.2, 0) is 28.8 Å². The third-order valence-electron chi connectivity index (χ3n) is 4.91. The number of hydrogen-bond acceptors (Lipinski definition) is 7. The molecule has 0 aliphatic heterocycles. The van der Waals surface area contributed by atoms with Crippen LogP contribution in [0.5, 0.6) is 0 Å². The SMILES string of the molecule is CCC(C)C(NC(=O)C(N)CC(N)=O)C(=O)NC(CC(N)=O)C(=O)NC(CC(C)C)C(=O)O. The van der Waals surface area contributed by atoms with Crippen molar-refractivity contribution in [2.45, 2.75) is 77.5 Å². The number of rotatable bonds is 15. The summed E-state index contributed by atoms with van der Waals surface area (Å²) in [6.45, 7) is 6.97. The Balaban J connectivity index is 5.59. The molecule has 10 N–H and O–H groups in total. The number of carboxylic acid groups (broad SMARTS) is 1. The van der Waals surface area contributed by atoms with E-state index >= 15 is 0 Å². The quantitative estimate of drug-likeness (QED) is 0.136. The summed E-state index contributed by atoms with van der Waals surface area (Å²) < 4.78 is 0. The lowest BCUT2D eigenvalue weighted by molar-refractivity contribution is -0.143. The molecule has 0 saturated heterocycles. The summed E-state index contributed by atoms with van der Waals surface area (Å²) in [5, 5.41) is 16.4. The second-order valence-corrected chi connectivity index (χ2v) is 8.41. The van der Waals surface area contributed by atoms with Gasteiger partial charge in [-0.25, -0.2) is 4.79 Å². The maximum Gasteiger partial charge on any atom is 0.326 e. The summed E-state index contributed by atoms with van der Waals surface area (Å²) in [5.41, 5.74) is 15.8. The van der Waals surface area contributed by atoms with Crippen molar-refractivity contribution >= 4 is 35.5 Å². The van der Waals surface area contributed by atoms with Crippen LogP contribution in [0.25, 0.3) is 0 Å². The van der Waals surface area contributed by atoms with Crippen molar-refractivity contribution in [3.63, 3.8) is 0 Å². The third-order valence-corrected chi connectivity index (χ3v) is 4.91. The molecule has 0 fully saturated rings. The Morgan fingerprint density at radius 1 is 0.788 bits per heavy atom. The zero-order chi connectivity index (χ0) is 25.9. The second kappa shape index (κ2) is 14.0. The average Bonchev–Trinajstić information content (AvgIpc) is 2.68. The van der Waals surface area contributed by atoms with Gasteiger partial charge in [0.15, 0.2) is 0 Å². The maximum absolute atomic E-state index is 12.9. The number of amides is 5. The van der Waals surface area contributed by atoms with Gasteiger partial charge in [0.1, 0.15) is 18.1 Å². The van der Waals surface area contributed by atoms with Gasteiger partial charge in [-0.1, -0.05) is 34.1 Å². The van der Waals surface area contributed by atoms with Crippen LogP contribution in [-0.4, -0.2) is 64.8 Å². The number of carboxylic acids is 1. The van der Waals surface area contributed by atoms with Gasteiger partial charge >= 0.3 is 5.97 Å². The van der Waals surface area contributed by atoms with E-state index < -0.39 is 78.4 Å². The molecule has 0 aromatic rings. The van der Waals surface area contributed by atoms with E-state index in [0.29, 0.717) is 6.42 Å². The first-order valence-corrected chi connectivity index (χ1v) is 10.7. The molecule has 0 bridgehead atoms. The Bertz CT molecular complexity index is 742. The summed E-state index contributed by atoms with van der Waals surface area (Å²) in [7, 11) is 0. The first-order chi connectivity index (χ1) is 15.2. The van der Waals surface area contributed by atoms with E-state index in [1.165, 1.54) is 0 Å². The van der Waals surface area contributed by atoms with Crippen molar-refractivity contribution < 1.29 is 33.9 Å². The maximum atomic E-state index is 12.9. The number of primary amides is 2. The third kappa shape index (κ3) is 11.3. The summed E-state index contributed by atoms with van der Waals surface area (Å²) in [6, 6.07) is -5.14. The molecule has 188 valence electrons. The molecule has 5 amide bonds. The number of nitrogens with one attached hydrogen (secondary N) is 3.